The minimum absolute atomic E-state index is 0.0852. The van der Waals surface area contributed by atoms with Crippen LogP contribution in [0.5, 0.6) is 5.75 Å². The first-order chi connectivity index (χ1) is 12.6. The molecule has 0 aromatic heterocycles. The summed E-state index contributed by atoms with van der Waals surface area (Å²) >= 11 is 5.84. The van der Waals surface area contributed by atoms with Gasteiger partial charge in [0.15, 0.2) is 0 Å². The van der Waals surface area contributed by atoms with E-state index in [-0.39, 0.29) is 17.6 Å². The predicted molar refractivity (Wildman–Crippen MR) is 103 cm³/mol. The van der Waals surface area contributed by atoms with Gasteiger partial charge in [-0.05, 0) is 43.2 Å². The number of allylic oxidation sites excluding steroid dienone is 6. The van der Waals surface area contributed by atoms with Crippen LogP contribution in [0.2, 0.25) is 5.02 Å². The van der Waals surface area contributed by atoms with E-state index in [9.17, 15) is 9.90 Å². The fourth-order valence-corrected chi connectivity index (χ4v) is 3.03. The van der Waals surface area contributed by atoms with Gasteiger partial charge in [-0.1, -0.05) is 35.9 Å². The zero-order valence-electron chi connectivity index (χ0n) is 14.2. The van der Waals surface area contributed by atoms with Crippen molar-refractivity contribution in [2.45, 2.75) is 12.8 Å². The molecule has 0 bridgehead atoms. The molecule has 0 radical (unpaired) electrons. The number of halogens is 1. The normalized spacial score (nSPS) is 18.4. The molecule has 1 unspecified atom stereocenters. The van der Waals surface area contributed by atoms with Gasteiger partial charge in [0.2, 0.25) is 0 Å². The lowest BCUT2D eigenvalue weighted by atomic mass is 9.84. The number of carbonyl (C=O) groups is 1. The summed E-state index contributed by atoms with van der Waals surface area (Å²) in [6, 6.07) is 4.55. The summed E-state index contributed by atoms with van der Waals surface area (Å²) in [5.74, 6) is 0.233. The molecule has 4 N–H and O–H groups in total. The summed E-state index contributed by atoms with van der Waals surface area (Å²) in [4.78, 5) is 12.8. The average Bonchev–Trinajstić information content (AvgIpc) is 2.63. The van der Waals surface area contributed by atoms with Crippen molar-refractivity contribution in [1.29, 1.82) is 0 Å². The lowest BCUT2D eigenvalue weighted by Crippen LogP contribution is -2.22. The maximum absolute atomic E-state index is 12.8. The van der Waals surface area contributed by atoms with Gasteiger partial charge in [0.05, 0.1) is 17.9 Å². The molecule has 2 aliphatic carbocycles. The third kappa shape index (κ3) is 4.18. The van der Waals surface area contributed by atoms with Gasteiger partial charge in [0, 0.05) is 17.0 Å². The van der Waals surface area contributed by atoms with Crippen molar-refractivity contribution in [2.24, 2.45) is 11.7 Å². The monoisotopic (exact) mass is 372 g/mol. The van der Waals surface area contributed by atoms with E-state index in [2.05, 4.69) is 11.4 Å². The SMILES string of the molecule is NCCCOC1=CC2=CC=CCC2C=C1C(=O)Nc1ccc(Cl)cc1O. The molecule has 1 amide bonds. The molecule has 0 spiro atoms. The van der Waals surface area contributed by atoms with Gasteiger partial charge in [-0.25, -0.2) is 0 Å². The van der Waals surface area contributed by atoms with E-state index in [1.54, 1.807) is 12.1 Å². The highest BCUT2D eigenvalue weighted by Gasteiger charge is 2.26. The first kappa shape index (κ1) is 18.3. The fourth-order valence-electron chi connectivity index (χ4n) is 2.87. The molecule has 0 aliphatic heterocycles. The number of phenols is 1. The van der Waals surface area contributed by atoms with E-state index < -0.39 is 0 Å². The van der Waals surface area contributed by atoms with E-state index in [4.69, 9.17) is 22.1 Å². The van der Waals surface area contributed by atoms with Gasteiger partial charge in [0.25, 0.3) is 5.91 Å². The van der Waals surface area contributed by atoms with Crippen molar-refractivity contribution in [3.05, 3.63) is 70.5 Å². The molecule has 0 saturated carbocycles. The van der Waals surface area contributed by atoms with Crippen LogP contribution in [0.25, 0.3) is 0 Å². The van der Waals surface area contributed by atoms with Crippen LogP contribution in [0.4, 0.5) is 5.69 Å². The Bertz CT molecular complexity index is 824. The van der Waals surface area contributed by atoms with Crippen LogP contribution in [-0.4, -0.2) is 24.2 Å². The predicted octanol–water partition coefficient (Wildman–Crippen LogP) is 3.68. The third-order valence-corrected chi connectivity index (χ3v) is 4.47. The number of hydrogen-bond acceptors (Lipinski definition) is 4. The lowest BCUT2D eigenvalue weighted by Gasteiger charge is -2.25. The standard InChI is InChI=1S/C20H21ClN2O3/c21-15-6-7-17(18(24)12-15)23-20(25)16-10-13-4-1-2-5-14(13)11-19(16)26-9-3-8-22/h1-2,5-7,10-13,24H,3-4,8-9,22H2,(H,23,25). The molecule has 0 heterocycles. The fraction of sp³-hybridized carbons (Fsp3) is 0.250. The lowest BCUT2D eigenvalue weighted by molar-refractivity contribution is -0.113. The average molecular weight is 373 g/mol. The molecule has 2 aliphatic rings. The Morgan fingerprint density at radius 3 is 3.04 bits per heavy atom. The summed E-state index contributed by atoms with van der Waals surface area (Å²) < 4.78 is 5.80. The van der Waals surface area contributed by atoms with Crippen molar-refractivity contribution in [3.63, 3.8) is 0 Å². The van der Waals surface area contributed by atoms with Crippen LogP contribution < -0.4 is 11.1 Å². The molecule has 1 atom stereocenters. The molecule has 1 aromatic carbocycles. The quantitative estimate of drug-likeness (QED) is 0.525. The van der Waals surface area contributed by atoms with Crippen molar-refractivity contribution in [3.8, 4) is 5.75 Å². The Morgan fingerprint density at radius 1 is 1.42 bits per heavy atom. The van der Waals surface area contributed by atoms with Gasteiger partial charge < -0.3 is 20.9 Å². The number of ether oxygens (including phenoxy) is 1. The van der Waals surface area contributed by atoms with E-state index in [0.717, 1.165) is 12.0 Å². The highest BCUT2D eigenvalue weighted by atomic mass is 35.5. The maximum atomic E-state index is 12.8. The number of nitrogens with one attached hydrogen (secondary N) is 1. The smallest absolute Gasteiger partial charge is 0.259 e. The first-order valence-electron chi connectivity index (χ1n) is 8.52. The number of nitrogens with two attached hydrogens (primary N) is 1. The number of aromatic hydroxyl groups is 1. The molecule has 26 heavy (non-hydrogen) atoms. The largest absolute Gasteiger partial charge is 0.506 e. The molecule has 1 aromatic rings. The summed E-state index contributed by atoms with van der Waals surface area (Å²) in [5, 5.41) is 13.1. The van der Waals surface area contributed by atoms with Crippen LogP contribution in [0.1, 0.15) is 12.8 Å². The number of fused-ring (bicyclic) bond motifs is 1. The summed E-state index contributed by atoms with van der Waals surface area (Å²) in [6.07, 6.45) is 11.4. The molecule has 3 rings (SSSR count). The zero-order valence-corrected chi connectivity index (χ0v) is 15.0. The summed E-state index contributed by atoms with van der Waals surface area (Å²) in [5.41, 5.74) is 7.39. The van der Waals surface area contributed by atoms with E-state index in [0.29, 0.717) is 41.6 Å². The Labute approximate surface area is 157 Å². The van der Waals surface area contributed by atoms with Gasteiger partial charge in [-0.15, -0.1) is 0 Å². The van der Waals surface area contributed by atoms with Crippen LogP contribution in [0.3, 0.4) is 0 Å². The number of carbonyl (C=O) groups excluding carboxylic acids is 1. The number of rotatable bonds is 6. The highest BCUT2D eigenvalue weighted by Crippen LogP contribution is 2.34. The Morgan fingerprint density at radius 2 is 2.27 bits per heavy atom. The Kier molecular flexibility index (Phi) is 5.81. The second-order valence-electron chi connectivity index (χ2n) is 6.13. The van der Waals surface area contributed by atoms with E-state index in [1.807, 2.05) is 24.3 Å². The molecule has 136 valence electrons. The minimum atomic E-state index is -0.338. The van der Waals surface area contributed by atoms with Gasteiger partial charge in [0.1, 0.15) is 11.5 Å². The highest BCUT2D eigenvalue weighted by molar-refractivity contribution is 6.30. The molecule has 5 nitrogen and oxygen atoms in total. The number of amides is 1. The number of hydrogen-bond donors (Lipinski definition) is 3. The Hall–Kier alpha value is -2.50. The van der Waals surface area contributed by atoms with Gasteiger partial charge >= 0.3 is 0 Å². The van der Waals surface area contributed by atoms with Gasteiger partial charge in [-0.3, -0.25) is 4.79 Å². The van der Waals surface area contributed by atoms with Crippen LogP contribution in [-0.2, 0) is 9.53 Å². The first-order valence-corrected chi connectivity index (χ1v) is 8.89. The van der Waals surface area contributed by atoms with Crippen molar-refractivity contribution in [2.75, 3.05) is 18.5 Å². The number of phenolic OH excluding ortho intramolecular Hbond substituents is 1. The second kappa shape index (κ2) is 8.25. The molecule has 0 fully saturated rings. The molecular weight excluding hydrogens is 352 g/mol. The van der Waals surface area contributed by atoms with Crippen molar-refractivity contribution in [1.82, 2.24) is 0 Å². The molecule has 6 heteroatoms. The summed E-state index contributed by atoms with van der Waals surface area (Å²) in [7, 11) is 0. The number of benzene rings is 1. The van der Waals surface area contributed by atoms with Crippen molar-refractivity contribution < 1.29 is 14.6 Å². The third-order valence-electron chi connectivity index (χ3n) is 4.23. The topological polar surface area (TPSA) is 84.6 Å². The summed E-state index contributed by atoms with van der Waals surface area (Å²) in [6.45, 7) is 0.957. The second-order valence-corrected chi connectivity index (χ2v) is 6.57. The van der Waals surface area contributed by atoms with Gasteiger partial charge in [-0.2, -0.15) is 0 Å². The van der Waals surface area contributed by atoms with Crippen LogP contribution >= 0.6 is 11.6 Å². The zero-order chi connectivity index (χ0) is 18.5. The Balaban J connectivity index is 1.83. The van der Waals surface area contributed by atoms with E-state index >= 15 is 0 Å². The van der Waals surface area contributed by atoms with Crippen LogP contribution in [0, 0.1) is 5.92 Å². The van der Waals surface area contributed by atoms with Crippen molar-refractivity contribution >= 4 is 23.2 Å². The molecule has 0 saturated heterocycles. The number of anilines is 1. The van der Waals surface area contributed by atoms with E-state index in [1.165, 1.54) is 6.07 Å². The van der Waals surface area contributed by atoms with Crippen LogP contribution in [0.15, 0.2) is 65.5 Å². The molecular formula is C20H21ClN2O3. The minimum Gasteiger partial charge on any atom is -0.506 e. The maximum Gasteiger partial charge on any atom is 0.259 e.